The van der Waals surface area contributed by atoms with Gasteiger partial charge in [0.15, 0.2) is 0 Å². The fourth-order valence-corrected chi connectivity index (χ4v) is 1.41. The molecule has 1 aromatic carbocycles. The van der Waals surface area contributed by atoms with Crippen molar-refractivity contribution in [3.05, 3.63) is 23.3 Å². The Morgan fingerprint density at radius 2 is 1.94 bits per heavy atom. The zero-order valence-electron chi connectivity index (χ0n) is 9.99. The first-order valence-electron chi connectivity index (χ1n) is 5.03. The van der Waals surface area contributed by atoms with Crippen LogP contribution in [0.3, 0.4) is 0 Å². The monoisotopic (exact) mass is 224 g/mol. The predicted octanol–water partition coefficient (Wildman–Crippen LogP) is 2.19. The Kier molecular flexibility index (Phi) is 4.17. The van der Waals surface area contributed by atoms with E-state index in [1.807, 2.05) is 6.92 Å². The molecule has 0 N–H and O–H groups in total. The van der Waals surface area contributed by atoms with Crippen LogP contribution in [0.5, 0.6) is 11.5 Å². The van der Waals surface area contributed by atoms with Crippen LogP contribution in [0.4, 0.5) is 0 Å². The molecular formula is C12H16O4. The Labute approximate surface area is 95.1 Å². The highest BCUT2D eigenvalue weighted by Gasteiger charge is 2.15. The van der Waals surface area contributed by atoms with E-state index in [4.69, 9.17) is 14.2 Å². The molecule has 1 rings (SSSR count). The minimum atomic E-state index is -0.364. The van der Waals surface area contributed by atoms with Gasteiger partial charge in [0.05, 0.1) is 26.4 Å². The minimum absolute atomic E-state index is 0.345. The maximum atomic E-state index is 11.7. The molecule has 0 radical (unpaired) electrons. The van der Waals surface area contributed by atoms with Crippen molar-refractivity contribution in [3.63, 3.8) is 0 Å². The van der Waals surface area contributed by atoms with Crippen LogP contribution < -0.4 is 9.47 Å². The summed E-state index contributed by atoms with van der Waals surface area (Å²) in [6.07, 6.45) is 0. The first kappa shape index (κ1) is 12.4. The maximum Gasteiger partial charge on any atom is 0.338 e. The number of hydrogen-bond acceptors (Lipinski definition) is 4. The molecule has 0 aromatic heterocycles. The molecular weight excluding hydrogens is 208 g/mol. The second kappa shape index (κ2) is 5.39. The lowest BCUT2D eigenvalue weighted by molar-refractivity contribution is 0.0524. The molecule has 0 saturated carbocycles. The molecule has 1 aromatic rings. The molecule has 0 atom stereocenters. The molecule has 88 valence electrons. The summed E-state index contributed by atoms with van der Waals surface area (Å²) in [6.45, 7) is 3.92. The van der Waals surface area contributed by atoms with E-state index in [-0.39, 0.29) is 5.97 Å². The molecule has 0 spiro atoms. The van der Waals surface area contributed by atoms with Crippen LogP contribution in [0.15, 0.2) is 12.1 Å². The van der Waals surface area contributed by atoms with Crippen molar-refractivity contribution in [2.24, 2.45) is 0 Å². The van der Waals surface area contributed by atoms with E-state index in [0.29, 0.717) is 23.7 Å². The summed E-state index contributed by atoms with van der Waals surface area (Å²) in [7, 11) is 3.09. The summed E-state index contributed by atoms with van der Waals surface area (Å²) in [4.78, 5) is 11.7. The quantitative estimate of drug-likeness (QED) is 0.735. The number of ether oxygens (including phenoxy) is 3. The van der Waals surface area contributed by atoms with Crippen LogP contribution in [0.1, 0.15) is 22.8 Å². The molecule has 0 amide bonds. The second-order valence-corrected chi connectivity index (χ2v) is 3.22. The Bertz CT molecular complexity index is 385. The van der Waals surface area contributed by atoms with Gasteiger partial charge >= 0.3 is 5.97 Å². The van der Waals surface area contributed by atoms with Gasteiger partial charge in [-0.25, -0.2) is 4.79 Å². The van der Waals surface area contributed by atoms with Gasteiger partial charge in [0, 0.05) is 11.6 Å². The standard InChI is InChI=1S/C12H16O4/c1-5-16-12(13)10-6-9(14-3)7-11(15-4)8(10)2/h6-7H,5H2,1-4H3. The van der Waals surface area contributed by atoms with Gasteiger partial charge in [-0.2, -0.15) is 0 Å². The number of benzene rings is 1. The zero-order valence-corrected chi connectivity index (χ0v) is 9.99. The molecule has 16 heavy (non-hydrogen) atoms. The summed E-state index contributed by atoms with van der Waals surface area (Å²) < 4.78 is 15.2. The molecule has 4 nitrogen and oxygen atoms in total. The first-order valence-corrected chi connectivity index (χ1v) is 5.03. The summed E-state index contributed by atoms with van der Waals surface area (Å²) in [5.41, 5.74) is 1.22. The van der Waals surface area contributed by atoms with Crippen molar-refractivity contribution < 1.29 is 19.0 Å². The minimum Gasteiger partial charge on any atom is -0.497 e. The van der Waals surface area contributed by atoms with Gasteiger partial charge in [-0.3, -0.25) is 0 Å². The predicted molar refractivity (Wildman–Crippen MR) is 60.2 cm³/mol. The molecule has 0 aliphatic rings. The molecule has 4 heteroatoms. The molecule has 0 unspecified atom stereocenters. The van der Waals surface area contributed by atoms with Crippen molar-refractivity contribution >= 4 is 5.97 Å². The molecule has 0 heterocycles. The number of hydrogen-bond donors (Lipinski definition) is 0. The van der Waals surface area contributed by atoms with Gasteiger partial charge in [-0.1, -0.05) is 0 Å². The highest BCUT2D eigenvalue weighted by molar-refractivity contribution is 5.92. The third kappa shape index (κ3) is 2.45. The smallest absolute Gasteiger partial charge is 0.338 e. The Hall–Kier alpha value is -1.71. The van der Waals surface area contributed by atoms with E-state index in [0.717, 1.165) is 5.56 Å². The van der Waals surface area contributed by atoms with E-state index >= 15 is 0 Å². The van der Waals surface area contributed by atoms with Crippen LogP contribution in [0, 0.1) is 6.92 Å². The molecule has 0 saturated heterocycles. The summed E-state index contributed by atoms with van der Waals surface area (Å²) >= 11 is 0. The Balaban J connectivity index is 3.20. The van der Waals surface area contributed by atoms with E-state index in [1.54, 1.807) is 33.3 Å². The Morgan fingerprint density at radius 1 is 1.25 bits per heavy atom. The third-order valence-corrected chi connectivity index (χ3v) is 2.28. The van der Waals surface area contributed by atoms with Gasteiger partial charge in [-0.15, -0.1) is 0 Å². The van der Waals surface area contributed by atoms with Crippen LogP contribution in [0.2, 0.25) is 0 Å². The van der Waals surface area contributed by atoms with E-state index in [9.17, 15) is 4.79 Å². The molecule has 0 aliphatic heterocycles. The topological polar surface area (TPSA) is 44.8 Å². The average molecular weight is 224 g/mol. The van der Waals surface area contributed by atoms with Gasteiger partial charge in [0.1, 0.15) is 11.5 Å². The zero-order chi connectivity index (χ0) is 12.1. The van der Waals surface area contributed by atoms with Crippen molar-refractivity contribution in [2.75, 3.05) is 20.8 Å². The van der Waals surface area contributed by atoms with Crippen LogP contribution >= 0.6 is 0 Å². The van der Waals surface area contributed by atoms with Crippen molar-refractivity contribution in [2.45, 2.75) is 13.8 Å². The second-order valence-electron chi connectivity index (χ2n) is 3.22. The van der Waals surface area contributed by atoms with Gasteiger partial charge < -0.3 is 14.2 Å². The normalized spacial score (nSPS) is 9.75. The fraction of sp³-hybridized carbons (Fsp3) is 0.417. The van der Waals surface area contributed by atoms with Crippen LogP contribution in [0.25, 0.3) is 0 Å². The lowest BCUT2D eigenvalue weighted by atomic mass is 10.1. The summed E-state index contributed by atoms with van der Waals surface area (Å²) in [6, 6.07) is 3.38. The maximum absolute atomic E-state index is 11.7. The number of carbonyl (C=O) groups is 1. The number of esters is 1. The molecule has 0 fully saturated rings. The SMILES string of the molecule is CCOC(=O)c1cc(OC)cc(OC)c1C. The van der Waals surface area contributed by atoms with E-state index in [1.165, 1.54) is 0 Å². The third-order valence-electron chi connectivity index (χ3n) is 2.28. The summed E-state index contributed by atoms with van der Waals surface area (Å²) in [5, 5.41) is 0. The largest absolute Gasteiger partial charge is 0.497 e. The first-order chi connectivity index (χ1) is 7.63. The number of rotatable bonds is 4. The highest BCUT2D eigenvalue weighted by Crippen LogP contribution is 2.28. The average Bonchev–Trinajstić information content (AvgIpc) is 2.29. The van der Waals surface area contributed by atoms with Gasteiger partial charge in [0.25, 0.3) is 0 Å². The highest BCUT2D eigenvalue weighted by atomic mass is 16.5. The molecule has 0 aliphatic carbocycles. The van der Waals surface area contributed by atoms with Crippen molar-refractivity contribution in [1.82, 2.24) is 0 Å². The number of methoxy groups -OCH3 is 2. The fourth-order valence-electron chi connectivity index (χ4n) is 1.41. The molecule has 0 bridgehead atoms. The summed E-state index contributed by atoms with van der Waals surface area (Å²) in [5.74, 6) is 0.824. The van der Waals surface area contributed by atoms with Crippen LogP contribution in [-0.4, -0.2) is 26.8 Å². The van der Waals surface area contributed by atoms with E-state index < -0.39 is 0 Å². The lowest BCUT2D eigenvalue weighted by Gasteiger charge is -2.12. The van der Waals surface area contributed by atoms with Gasteiger partial charge in [0.2, 0.25) is 0 Å². The van der Waals surface area contributed by atoms with Gasteiger partial charge in [-0.05, 0) is 19.9 Å². The van der Waals surface area contributed by atoms with Crippen LogP contribution in [-0.2, 0) is 4.74 Å². The van der Waals surface area contributed by atoms with Crippen molar-refractivity contribution in [3.8, 4) is 11.5 Å². The number of carbonyl (C=O) groups excluding carboxylic acids is 1. The van der Waals surface area contributed by atoms with Crippen molar-refractivity contribution in [1.29, 1.82) is 0 Å². The lowest BCUT2D eigenvalue weighted by Crippen LogP contribution is -2.08. The van der Waals surface area contributed by atoms with E-state index in [2.05, 4.69) is 0 Å². The Morgan fingerprint density at radius 3 is 2.44 bits per heavy atom.